The van der Waals surface area contributed by atoms with Crippen molar-refractivity contribution in [3.05, 3.63) is 29.3 Å². The number of nitrogens with zero attached hydrogens (tertiary/aromatic N) is 1. The van der Waals surface area contributed by atoms with Crippen molar-refractivity contribution in [3.63, 3.8) is 0 Å². The molecule has 18 heavy (non-hydrogen) atoms. The van der Waals surface area contributed by atoms with Crippen LogP contribution in [0.2, 0.25) is 0 Å². The maximum absolute atomic E-state index is 10.1. The highest BCUT2D eigenvalue weighted by Crippen LogP contribution is 2.24. The Bertz CT molecular complexity index is 382. The Morgan fingerprint density at radius 2 is 2.00 bits per heavy atom. The van der Waals surface area contributed by atoms with Gasteiger partial charge in [0.05, 0.1) is 12.7 Å². The molecule has 1 aromatic rings. The van der Waals surface area contributed by atoms with Gasteiger partial charge in [0.1, 0.15) is 5.75 Å². The standard InChI is InChI=1S/C13H22N2O3/c1-15(2)6-5-11(14)13(18)9-3-4-12(17)10(7-9)8-16/h3-4,7,11,13,16-18H,5-6,8,14H2,1-2H3. The van der Waals surface area contributed by atoms with E-state index < -0.39 is 6.10 Å². The zero-order valence-electron chi connectivity index (χ0n) is 10.9. The minimum atomic E-state index is -0.796. The minimum absolute atomic E-state index is 0.0234. The van der Waals surface area contributed by atoms with E-state index in [1.165, 1.54) is 6.07 Å². The summed E-state index contributed by atoms with van der Waals surface area (Å²) in [5.74, 6) is 0.0234. The second kappa shape index (κ2) is 6.70. The van der Waals surface area contributed by atoms with Crippen molar-refractivity contribution in [2.45, 2.75) is 25.2 Å². The number of aliphatic hydroxyl groups is 2. The number of rotatable bonds is 6. The smallest absolute Gasteiger partial charge is 0.121 e. The second-order valence-electron chi connectivity index (χ2n) is 4.75. The molecule has 0 fully saturated rings. The number of hydrogen-bond acceptors (Lipinski definition) is 5. The topological polar surface area (TPSA) is 90.0 Å². The molecule has 1 aromatic carbocycles. The third-order valence-corrected chi connectivity index (χ3v) is 2.93. The van der Waals surface area contributed by atoms with Gasteiger partial charge < -0.3 is 26.0 Å². The molecule has 0 amide bonds. The van der Waals surface area contributed by atoms with Gasteiger partial charge in [0.2, 0.25) is 0 Å². The molecule has 1 rings (SSSR count). The van der Waals surface area contributed by atoms with E-state index in [4.69, 9.17) is 10.8 Å². The van der Waals surface area contributed by atoms with E-state index >= 15 is 0 Å². The molecule has 0 bridgehead atoms. The summed E-state index contributed by atoms with van der Waals surface area (Å²) in [6.45, 7) is 0.530. The number of benzene rings is 1. The molecule has 0 saturated carbocycles. The summed E-state index contributed by atoms with van der Waals surface area (Å²) in [5, 5.41) is 28.6. The average molecular weight is 254 g/mol. The van der Waals surface area contributed by atoms with Gasteiger partial charge in [-0.05, 0) is 44.8 Å². The Balaban J connectivity index is 2.73. The van der Waals surface area contributed by atoms with Gasteiger partial charge in [0, 0.05) is 11.6 Å². The van der Waals surface area contributed by atoms with Gasteiger partial charge in [-0.15, -0.1) is 0 Å². The fourth-order valence-corrected chi connectivity index (χ4v) is 1.73. The molecule has 0 spiro atoms. The Labute approximate surface area is 107 Å². The minimum Gasteiger partial charge on any atom is -0.508 e. The molecular weight excluding hydrogens is 232 g/mol. The number of aliphatic hydroxyl groups excluding tert-OH is 2. The van der Waals surface area contributed by atoms with Crippen LogP contribution in [0.5, 0.6) is 5.75 Å². The highest BCUT2D eigenvalue weighted by atomic mass is 16.3. The molecule has 2 atom stereocenters. The zero-order valence-corrected chi connectivity index (χ0v) is 10.9. The second-order valence-corrected chi connectivity index (χ2v) is 4.75. The molecule has 5 N–H and O–H groups in total. The van der Waals surface area contributed by atoms with Crippen LogP contribution in [0, 0.1) is 0 Å². The van der Waals surface area contributed by atoms with Gasteiger partial charge >= 0.3 is 0 Å². The largest absolute Gasteiger partial charge is 0.508 e. The maximum Gasteiger partial charge on any atom is 0.121 e. The van der Waals surface area contributed by atoms with Crippen LogP contribution in [0.25, 0.3) is 0 Å². The summed E-state index contributed by atoms with van der Waals surface area (Å²) in [7, 11) is 3.90. The van der Waals surface area contributed by atoms with Crippen molar-refractivity contribution in [3.8, 4) is 5.75 Å². The van der Waals surface area contributed by atoms with Crippen LogP contribution >= 0.6 is 0 Å². The zero-order chi connectivity index (χ0) is 13.7. The van der Waals surface area contributed by atoms with Gasteiger partial charge in [-0.2, -0.15) is 0 Å². The third-order valence-electron chi connectivity index (χ3n) is 2.93. The van der Waals surface area contributed by atoms with E-state index in [2.05, 4.69) is 0 Å². The Kier molecular flexibility index (Phi) is 5.55. The highest BCUT2D eigenvalue weighted by Gasteiger charge is 2.18. The summed E-state index contributed by atoms with van der Waals surface area (Å²) in [6.07, 6.45) is -0.125. The van der Waals surface area contributed by atoms with Crippen LogP contribution in [-0.2, 0) is 6.61 Å². The van der Waals surface area contributed by atoms with Crippen molar-refractivity contribution < 1.29 is 15.3 Å². The predicted molar refractivity (Wildman–Crippen MR) is 70.1 cm³/mol. The lowest BCUT2D eigenvalue weighted by molar-refractivity contribution is 0.137. The van der Waals surface area contributed by atoms with E-state index in [9.17, 15) is 10.2 Å². The molecule has 0 radical (unpaired) electrons. The van der Waals surface area contributed by atoms with Crippen molar-refractivity contribution in [1.29, 1.82) is 0 Å². The van der Waals surface area contributed by atoms with Crippen molar-refractivity contribution in [1.82, 2.24) is 4.90 Å². The number of hydrogen-bond donors (Lipinski definition) is 4. The van der Waals surface area contributed by atoms with Gasteiger partial charge in [0.15, 0.2) is 0 Å². The Hall–Kier alpha value is -1.14. The number of phenols is 1. The molecule has 5 nitrogen and oxygen atoms in total. The quantitative estimate of drug-likeness (QED) is 0.582. The van der Waals surface area contributed by atoms with Crippen LogP contribution in [0.1, 0.15) is 23.7 Å². The fourth-order valence-electron chi connectivity index (χ4n) is 1.73. The molecular formula is C13H22N2O3. The van der Waals surface area contributed by atoms with Gasteiger partial charge in [-0.1, -0.05) is 6.07 Å². The summed E-state index contributed by atoms with van der Waals surface area (Å²) >= 11 is 0. The first kappa shape index (κ1) is 14.9. The van der Waals surface area contributed by atoms with Crippen LogP contribution in [0.15, 0.2) is 18.2 Å². The number of aromatic hydroxyl groups is 1. The number of nitrogens with two attached hydrogens (primary N) is 1. The van der Waals surface area contributed by atoms with E-state index in [0.717, 1.165) is 6.54 Å². The fraction of sp³-hybridized carbons (Fsp3) is 0.538. The normalized spacial score (nSPS) is 14.8. The van der Waals surface area contributed by atoms with Gasteiger partial charge in [-0.3, -0.25) is 0 Å². The molecule has 0 aliphatic carbocycles. The maximum atomic E-state index is 10.1. The molecule has 0 aliphatic heterocycles. The molecule has 2 unspecified atom stereocenters. The lowest BCUT2D eigenvalue weighted by Gasteiger charge is -2.21. The van der Waals surface area contributed by atoms with E-state index in [1.54, 1.807) is 12.1 Å². The average Bonchev–Trinajstić information content (AvgIpc) is 2.35. The van der Waals surface area contributed by atoms with Gasteiger partial charge in [-0.25, -0.2) is 0 Å². The summed E-state index contributed by atoms with van der Waals surface area (Å²) in [5.41, 5.74) is 6.93. The molecule has 102 valence electrons. The molecule has 0 aliphatic rings. The van der Waals surface area contributed by atoms with Crippen molar-refractivity contribution >= 4 is 0 Å². The first-order valence-corrected chi connectivity index (χ1v) is 5.96. The first-order valence-electron chi connectivity index (χ1n) is 5.96. The van der Waals surface area contributed by atoms with Gasteiger partial charge in [0.25, 0.3) is 0 Å². The lowest BCUT2D eigenvalue weighted by atomic mass is 9.98. The Morgan fingerprint density at radius 1 is 1.33 bits per heavy atom. The molecule has 0 saturated heterocycles. The molecule has 0 aromatic heterocycles. The summed E-state index contributed by atoms with van der Waals surface area (Å²) < 4.78 is 0. The van der Waals surface area contributed by atoms with Crippen molar-refractivity contribution in [2.24, 2.45) is 5.73 Å². The lowest BCUT2D eigenvalue weighted by Crippen LogP contribution is -2.32. The third kappa shape index (κ3) is 3.96. The van der Waals surface area contributed by atoms with Crippen LogP contribution in [-0.4, -0.2) is 46.9 Å². The van der Waals surface area contributed by atoms with E-state index in [1.807, 2.05) is 19.0 Å². The first-order chi connectivity index (χ1) is 8.45. The Morgan fingerprint density at radius 3 is 2.56 bits per heavy atom. The summed E-state index contributed by atoms with van der Waals surface area (Å²) in [4.78, 5) is 2.00. The van der Waals surface area contributed by atoms with Crippen LogP contribution < -0.4 is 5.73 Å². The van der Waals surface area contributed by atoms with E-state index in [0.29, 0.717) is 17.5 Å². The highest BCUT2D eigenvalue weighted by molar-refractivity contribution is 5.36. The van der Waals surface area contributed by atoms with Crippen molar-refractivity contribution in [2.75, 3.05) is 20.6 Å². The monoisotopic (exact) mass is 254 g/mol. The van der Waals surface area contributed by atoms with Crippen LogP contribution in [0.3, 0.4) is 0 Å². The predicted octanol–water partition coefficient (Wildman–Crippen LogP) is 0.197. The SMILES string of the molecule is CN(C)CCC(N)C(O)c1ccc(O)c(CO)c1. The molecule has 0 heterocycles. The molecule has 5 heteroatoms. The van der Waals surface area contributed by atoms with E-state index in [-0.39, 0.29) is 18.4 Å². The summed E-state index contributed by atoms with van der Waals surface area (Å²) in [6, 6.07) is 4.29. The van der Waals surface area contributed by atoms with Crippen LogP contribution in [0.4, 0.5) is 0 Å².